The van der Waals surface area contributed by atoms with E-state index < -0.39 is 6.10 Å². The molecule has 0 aliphatic heterocycles. The summed E-state index contributed by atoms with van der Waals surface area (Å²) in [6, 6.07) is 19.6. The molecule has 0 saturated heterocycles. The normalized spacial score (nSPS) is 13.4. The van der Waals surface area contributed by atoms with Gasteiger partial charge < -0.3 is 10.4 Å². The molecular weight excluding hydrogens is 274 g/mol. The molecule has 0 radical (unpaired) electrons. The highest BCUT2D eigenvalue weighted by molar-refractivity contribution is 5.83. The topological polar surface area (TPSA) is 49.3 Å². The highest BCUT2D eigenvalue weighted by Gasteiger charge is 2.18. The van der Waals surface area contributed by atoms with Crippen LogP contribution < -0.4 is 5.32 Å². The summed E-state index contributed by atoms with van der Waals surface area (Å²) >= 11 is 0. The lowest BCUT2D eigenvalue weighted by molar-refractivity contribution is -0.123. The Balaban J connectivity index is 1.86. The van der Waals surface area contributed by atoms with Gasteiger partial charge >= 0.3 is 0 Å². The number of nitrogens with one attached hydrogen (secondary N) is 1. The van der Waals surface area contributed by atoms with Crippen molar-refractivity contribution in [2.75, 3.05) is 6.54 Å². The molecule has 0 bridgehead atoms. The van der Waals surface area contributed by atoms with Gasteiger partial charge in [0.2, 0.25) is 5.91 Å². The number of hydrogen-bond acceptors (Lipinski definition) is 2. The molecule has 0 fully saturated rings. The van der Waals surface area contributed by atoms with Crippen molar-refractivity contribution in [1.29, 1.82) is 0 Å². The van der Waals surface area contributed by atoms with Crippen LogP contribution in [0.25, 0.3) is 0 Å². The fourth-order valence-electron chi connectivity index (χ4n) is 2.56. The van der Waals surface area contributed by atoms with Crippen molar-refractivity contribution in [2.45, 2.75) is 31.8 Å². The summed E-state index contributed by atoms with van der Waals surface area (Å²) in [6.07, 6.45) is 0.716. The van der Waals surface area contributed by atoms with E-state index in [1.54, 1.807) is 0 Å². The van der Waals surface area contributed by atoms with E-state index in [1.807, 2.05) is 67.6 Å². The van der Waals surface area contributed by atoms with Crippen LogP contribution in [0.4, 0.5) is 0 Å². The van der Waals surface area contributed by atoms with Gasteiger partial charge in [0, 0.05) is 13.0 Å². The number of amides is 1. The van der Waals surface area contributed by atoms with Crippen molar-refractivity contribution in [3.8, 4) is 0 Å². The average molecular weight is 297 g/mol. The van der Waals surface area contributed by atoms with Gasteiger partial charge in [-0.1, -0.05) is 67.6 Å². The Hall–Kier alpha value is -2.13. The Morgan fingerprint density at radius 1 is 1.05 bits per heavy atom. The minimum atomic E-state index is -0.570. The van der Waals surface area contributed by atoms with E-state index in [9.17, 15) is 9.90 Å². The number of carbonyl (C=O) groups excluding carboxylic acids is 1. The Morgan fingerprint density at radius 2 is 1.64 bits per heavy atom. The van der Waals surface area contributed by atoms with Crippen LogP contribution in [0.15, 0.2) is 60.7 Å². The maximum Gasteiger partial charge on any atom is 0.227 e. The van der Waals surface area contributed by atoms with Crippen LogP contribution in [0, 0.1) is 0 Å². The molecule has 2 aromatic carbocycles. The van der Waals surface area contributed by atoms with E-state index in [2.05, 4.69) is 5.32 Å². The number of rotatable bonds is 7. The van der Waals surface area contributed by atoms with Crippen LogP contribution in [0.2, 0.25) is 0 Å². The Bertz CT molecular complexity index is 569. The Kier molecular flexibility index (Phi) is 6.16. The molecule has 2 rings (SSSR count). The molecule has 2 N–H and O–H groups in total. The van der Waals surface area contributed by atoms with Crippen molar-refractivity contribution in [3.63, 3.8) is 0 Å². The second kappa shape index (κ2) is 8.35. The SMILES string of the molecule is CC[C@@H](C(=O)NC[C@@H](O)Cc1ccccc1)c1ccccc1. The lowest BCUT2D eigenvalue weighted by atomic mass is 9.95. The maximum atomic E-state index is 12.3. The summed E-state index contributed by atoms with van der Waals surface area (Å²) < 4.78 is 0. The summed E-state index contributed by atoms with van der Waals surface area (Å²) in [7, 11) is 0. The van der Waals surface area contributed by atoms with Gasteiger partial charge in [-0.15, -0.1) is 0 Å². The van der Waals surface area contributed by atoms with Gasteiger partial charge in [0.25, 0.3) is 0 Å². The monoisotopic (exact) mass is 297 g/mol. The Morgan fingerprint density at radius 3 is 2.23 bits per heavy atom. The first-order valence-corrected chi connectivity index (χ1v) is 7.75. The van der Waals surface area contributed by atoms with Gasteiger partial charge in [0.1, 0.15) is 0 Å². The summed E-state index contributed by atoms with van der Waals surface area (Å²) in [5, 5.41) is 12.9. The molecule has 116 valence electrons. The zero-order valence-corrected chi connectivity index (χ0v) is 12.9. The standard InChI is InChI=1S/C19H23NO2/c1-2-18(16-11-7-4-8-12-16)19(22)20-14-17(21)13-15-9-5-3-6-10-15/h3-12,17-18,21H,2,13-14H2,1H3,(H,20,22)/t17-,18+/m0/s1. The van der Waals surface area contributed by atoms with E-state index in [4.69, 9.17) is 0 Å². The molecule has 0 saturated carbocycles. The first kappa shape index (κ1) is 16.2. The molecule has 2 aromatic rings. The molecule has 0 spiro atoms. The maximum absolute atomic E-state index is 12.3. The van der Waals surface area contributed by atoms with E-state index in [0.717, 1.165) is 17.5 Å². The molecule has 22 heavy (non-hydrogen) atoms. The molecule has 0 unspecified atom stereocenters. The number of hydrogen-bond donors (Lipinski definition) is 2. The zero-order valence-electron chi connectivity index (χ0n) is 12.9. The van der Waals surface area contributed by atoms with Gasteiger partial charge in [-0.3, -0.25) is 4.79 Å². The van der Waals surface area contributed by atoms with Crippen molar-refractivity contribution < 1.29 is 9.90 Å². The van der Waals surface area contributed by atoms with Crippen LogP contribution in [0.1, 0.15) is 30.4 Å². The van der Waals surface area contributed by atoms with Crippen molar-refractivity contribution in [3.05, 3.63) is 71.8 Å². The minimum Gasteiger partial charge on any atom is -0.391 e. The smallest absolute Gasteiger partial charge is 0.227 e. The van der Waals surface area contributed by atoms with Crippen LogP contribution in [-0.4, -0.2) is 23.7 Å². The summed E-state index contributed by atoms with van der Waals surface area (Å²) in [5.74, 6) is -0.189. The van der Waals surface area contributed by atoms with Crippen LogP contribution in [0.3, 0.4) is 0 Å². The molecule has 2 atom stereocenters. The first-order valence-electron chi connectivity index (χ1n) is 7.75. The minimum absolute atomic E-state index is 0.0270. The predicted molar refractivity (Wildman–Crippen MR) is 88.6 cm³/mol. The number of carbonyl (C=O) groups is 1. The number of aliphatic hydroxyl groups excluding tert-OH is 1. The predicted octanol–water partition coefficient (Wildman–Crippen LogP) is 2.90. The van der Waals surface area contributed by atoms with Gasteiger partial charge in [0.05, 0.1) is 12.0 Å². The van der Waals surface area contributed by atoms with Gasteiger partial charge in [-0.05, 0) is 17.5 Å². The van der Waals surface area contributed by atoms with Crippen molar-refractivity contribution in [1.82, 2.24) is 5.32 Å². The quantitative estimate of drug-likeness (QED) is 0.825. The number of benzene rings is 2. The highest BCUT2D eigenvalue weighted by atomic mass is 16.3. The fraction of sp³-hybridized carbons (Fsp3) is 0.316. The summed E-state index contributed by atoms with van der Waals surface area (Å²) in [6.45, 7) is 2.27. The van der Waals surface area contributed by atoms with E-state index in [-0.39, 0.29) is 18.4 Å². The van der Waals surface area contributed by atoms with Crippen LogP contribution >= 0.6 is 0 Å². The summed E-state index contributed by atoms with van der Waals surface area (Å²) in [5.41, 5.74) is 2.08. The molecule has 3 nitrogen and oxygen atoms in total. The largest absolute Gasteiger partial charge is 0.391 e. The van der Waals surface area contributed by atoms with Crippen molar-refractivity contribution >= 4 is 5.91 Å². The summed E-state index contributed by atoms with van der Waals surface area (Å²) in [4.78, 5) is 12.3. The van der Waals surface area contributed by atoms with Gasteiger partial charge in [-0.2, -0.15) is 0 Å². The van der Waals surface area contributed by atoms with E-state index in [1.165, 1.54) is 0 Å². The fourth-order valence-corrected chi connectivity index (χ4v) is 2.56. The molecular formula is C19H23NO2. The molecule has 0 aromatic heterocycles. The lowest BCUT2D eigenvalue weighted by Gasteiger charge is -2.17. The highest BCUT2D eigenvalue weighted by Crippen LogP contribution is 2.19. The second-order valence-corrected chi connectivity index (χ2v) is 5.46. The zero-order chi connectivity index (χ0) is 15.8. The lowest BCUT2D eigenvalue weighted by Crippen LogP contribution is -2.36. The average Bonchev–Trinajstić information content (AvgIpc) is 2.55. The molecule has 1 amide bonds. The molecule has 3 heteroatoms. The third kappa shape index (κ3) is 4.71. The molecule has 0 aliphatic carbocycles. The first-order chi connectivity index (χ1) is 10.7. The van der Waals surface area contributed by atoms with E-state index in [0.29, 0.717) is 6.42 Å². The van der Waals surface area contributed by atoms with Gasteiger partial charge in [0.15, 0.2) is 0 Å². The van der Waals surface area contributed by atoms with Crippen molar-refractivity contribution in [2.24, 2.45) is 0 Å². The Labute approximate surface area is 132 Å². The second-order valence-electron chi connectivity index (χ2n) is 5.46. The van der Waals surface area contributed by atoms with E-state index >= 15 is 0 Å². The molecule has 0 heterocycles. The third-order valence-corrected chi connectivity index (χ3v) is 3.75. The van der Waals surface area contributed by atoms with Crippen LogP contribution in [-0.2, 0) is 11.2 Å². The number of aliphatic hydroxyl groups is 1. The van der Waals surface area contributed by atoms with Gasteiger partial charge in [-0.25, -0.2) is 0 Å². The third-order valence-electron chi connectivity index (χ3n) is 3.75. The molecule has 0 aliphatic rings. The van der Waals surface area contributed by atoms with Crippen LogP contribution in [0.5, 0.6) is 0 Å².